The molecule has 35 heavy (non-hydrogen) atoms. The van der Waals surface area contributed by atoms with E-state index in [2.05, 4.69) is 17.2 Å². The van der Waals surface area contributed by atoms with E-state index >= 15 is 0 Å². The molecule has 194 valence electrons. The Morgan fingerprint density at radius 1 is 1.31 bits per heavy atom. The van der Waals surface area contributed by atoms with Gasteiger partial charge < -0.3 is 15.2 Å². The summed E-state index contributed by atoms with van der Waals surface area (Å²) in [5, 5.41) is 20.9. The molecule has 0 aliphatic carbocycles. The number of sulfonamides is 1. The van der Waals surface area contributed by atoms with Gasteiger partial charge in [-0.2, -0.15) is 4.31 Å². The molecule has 1 heterocycles. The van der Waals surface area contributed by atoms with Gasteiger partial charge in [-0.15, -0.1) is 17.7 Å². The third-order valence-corrected chi connectivity index (χ3v) is 9.04. The van der Waals surface area contributed by atoms with Crippen molar-refractivity contribution in [3.8, 4) is 17.6 Å². The van der Waals surface area contributed by atoms with Gasteiger partial charge in [0.15, 0.2) is 0 Å². The van der Waals surface area contributed by atoms with Gasteiger partial charge >= 0.3 is 6.09 Å². The molecule has 0 bridgehead atoms. The van der Waals surface area contributed by atoms with Crippen LogP contribution >= 0.6 is 11.8 Å². The van der Waals surface area contributed by atoms with Crippen LogP contribution in [0.25, 0.3) is 0 Å². The first-order valence-corrected chi connectivity index (χ1v) is 13.2. The van der Waals surface area contributed by atoms with Gasteiger partial charge in [0.25, 0.3) is 5.91 Å². The summed E-state index contributed by atoms with van der Waals surface area (Å²) in [6, 6.07) is 4.10. The lowest BCUT2D eigenvalue weighted by Gasteiger charge is -2.50. The molecule has 1 fully saturated rings. The first kappa shape index (κ1) is 28.8. The molecule has 2 amide bonds. The summed E-state index contributed by atoms with van der Waals surface area (Å²) in [4.78, 5) is 24.2. The Bertz CT molecular complexity index is 1100. The number of benzene rings is 1. The lowest BCUT2D eigenvalue weighted by Crippen LogP contribution is -2.66. The molecule has 1 aromatic rings. The van der Waals surface area contributed by atoms with E-state index in [1.807, 2.05) is 20.8 Å². The molecule has 0 radical (unpaired) electrons. The maximum Gasteiger partial charge on any atom is 0.404 e. The lowest BCUT2D eigenvalue weighted by molar-refractivity contribution is -0.134. The number of carbonyl (C=O) groups excluding carboxylic acids is 1. The monoisotopic (exact) mass is 527 g/mol. The van der Waals surface area contributed by atoms with Crippen molar-refractivity contribution in [3.05, 3.63) is 24.3 Å². The van der Waals surface area contributed by atoms with Crippen LogP contribution in [-0.4, -0.2) is 70.3 Å². The molecular weight excluding hydrogens is 494 g/mol. The molecular formula is C23H33N3O7S2. The summed E-state index contributed by atoms with van der Waals surface area (Å²) in [7, 11) is -4.35. The van der Waals surface area contributed by atoms with E-state index in [1.165, 1.54) is 30.0 Å². The molecule has 4 N–H and O–H groups in total. The van der Waals surface area contributed by atoms with Crippen molar-refractivity contribution < 1.29 is 33.1 Å². The lowest BCUT2D eigenvalue weighted by atomic mass is 9.84. The molecule has 10 nitrogen and oxygen atoms in total. The highest BCUT2D eigenvalue weighted by molar-refractivity contribution is 8.01. The fourth-order valence-corrected chi connectivity index (χ4v) is 8.16. The van der Waals surface area contributed by atoms with E-state index in [9.17, 15) is 28.3 Å². The zero-order valence-corrected chi connectivity index (χ0v) is 22.3. The van der Waals surface area contributed by atoms with Gasteiger partial charge in [-0.25, -0.2) is 18.7 Å². The predicted octanol–water partition coefficient (Wildman–Crippen LogP) is 2.53. The van der Waals surface area contributed by atoms with Crippen LogP contribution in [0.1, 0.15) is 41.5 Å². The topological polar surface area (TPSA) is 145 Å². The van der Waals surface area contributed by atoms with Crippen molar-refractivity contribution >= 4 is 33.8 Å². The molecule has 2 rings (SSSR count). The van der Waals surface area contributed by atoms with Crippen molar-refractivity contribution in [2.24, 2.45) is 5.41 Å². The number of nitrogens with one attached hydrogen (secondary N) is 2. The van der Waals surface area contributed by atoms with Crippen molar-refractivity contribution in [2.45, 2.75) is 68.5 Å². The summed E-state index contributed by atoms with van der Waals surface area (Å²) in [5.41, 5.74) is 1.03. The zero-order chi connectivity index (χ0) is 26.6. The van der Waals surface area contributed by atoms with E-state index in [1.54, 1.807) is 32.3 Å². The Balaban J connectivity index is 2.65. The van der Waals surface area contributed by atoms with Crippen LogP contribution in [-0.2, 0) is 14.8 Å². The number of hydrogen-bond acceptors (Lipinski definition) is 7. The minimum atomic E-state index is -4.35. The second-order valence-corrected chi connectivity index (χ2v) is 13.4. The number of hydroxylamine groups is 1. The maximum atomic E-state index is 14.0. The van der Waals surface area contributed by atoms with Gasteiger partial charge in [0.05, 0.1) is 6.04 Å². The number of ether oxygens (including phenoxy) is 1. The minimum absolute atomic E-state index is 0.0256. The van der Waals surface area contributed by atoms with Gasteiger partial charge in [-0.3, -0.25) is 10.0 Å². The Morgan fingerprint density at radius 2 is 1.94 bits per heavy atom. The summed E-state index contributed by atoms with van der Waals surface area (Å²) in [6.45, 7) is 10.4. The quantitative estimate of drug-likeness (QED) is 0.240. The zero-order valence-electron chi connectivity index (χ0n) is 20.7. The Labute approximate surface area is 210 Å². The normalized spacial score (nSPS) is 21.2. The molecule has 1 saturated heterocycles. The number of thioether (sulfide) groups is 1. The molecule has 1 aliphatic heterocycles. The highest BCUT2D eigenvalue weighted by Crippen LogP contribution is 2.46. The minimum Gasteiger partial charge on any atom is -0.480 e. The summed E-state index contributed by atoms with van der Waals surface area (Å²) >= 11 is 1.30. The Hall–Kier alpha value is -2.46. The van der Waals surface area contributed by atoms with Gasteiger partial charge in [0.1, 0.15) is 23.3 Å². The molecule has 0 saturated carbocycles. The number of hydrogen-bond donors (Lipinski definition) is 4. The number of carbonyl (C=O) groups is 2. The number of para-hydroxylation sites is 1. The first-order valence-electron chi connectivity index (χ1n) is 10.9. The average molecular weight is 528 g/mol. The molecule has 0 aromatic heterocycles. The van der Waals surface area contributed by atoms with Crippen LogP contribution in [0.3, 0.4) is 0 Å². The Morgan fingerprint density at radius 3 is 2.49 bits per heavy atom. The summed E-state index contributed by atoms with van der Waals surface area (Å²) < 4.78 is 33.6. The fraction of sp³-hybridized carbons (Fsp3) is 0.565. The molecule has 12 heteroatoms. The smallest absolute Gasteiger partial charge is 0.404 e. The summed E-state index contributed by atoms with van der Waals surface area (Å²) in [5.74, 6) is 4.57. The van der Waals surface area contributed by atoms with E-state index < -0.39 is 49.5 Å². The van der Waals surface area contributed by atoms with Crippen LogP contribution in [0.5, 0.6) is 5.75 Å². The third kappa shape index (κ3) is 6.61. The van der Waals surface area contributed by atoms with Crippen LogP contribution in [0.4, 0.5) is 4.79 Å². The van der Waals surface area contributed by atoms with E-state index in [0.717, 1.165) is 4.31 Å². The van der Waals surface area contributed by atoms with Gasteiger partial charge in [-0.05, 0) is 38.3 Å². The van der Waals surface area contributed by atoms with Crippen LogP contribution in [0.15, 0.2) is 29.2 Å². The van der Waals surface area contributed by atoms with Crippen LogP contribution in [0.2, 0.25) is 0 Å². The number of carboxylic acid groups (broad SMARTS) is 1. The number of nitrogens with zero attached hydrogens (tertiary/aromatic N) is 1. The second-order valence-electron chi connectivity index (χ2n) is 9.67. The third-order valence-electron chi connectivity index (χ3n) is 5.62. The van der Waals surface area contributed by atoms with Crippen molar-refractivity contribution in [2.75, 3.05) is 13.2 Å². The first-order chi connectivity index (χ1) is 16.2. The SMILES string of the molecule is CC#CCOc1ccccc1S(=O)(=O)N1C[C@H](C(NC(=O)O)C(C)(C)C)SC(C)(C)[C@@H]1C(=O)NO. The maximum absolute atomic E-state index is 14.0. The Kier molecular flexibility index (Phi) is 9.10. The average Bonchev–Trinajstić information content (AvgIpc) is 2.75. The van der Waals surface area contributed by atoms with E-state index in [4.69, 9.17) is 4.74 Å². The van der Waals surface area contributed by atoms with E-state index in [0.29, 0.717) is 0 Å². The van der Waals surface area contributed by atoms with Crippen molar-refractivity contribution in [1.82, 2.24) is 15.1 Å². The highest BCUT2D eigenvalue weighted by Gasteiger charge is 2.54. The molecule has 3 atom stereocenters. The predicted molar refractivity (Wildman–Crippen MR) is 133 cm³/mol. The molecule has 1 unspecified atom stereocenters. The van der Waals surface area contributed by atoms with Crippen LogP contribution in [0, 0.1) is 17.3 Å². The number of rotatable bonds is 7. The van der Waals surface area contributed by atoms with E-state index in [-0.39, 0.29) is 23.8 Å². The van der Waals surface area contributed by atoms with Crippen LogP contribution < -0.4 is 15.5 Å². The highest BCUT2D eigenvalue weighted by atomic mass is 32.2. The molecule has 1 aliphatic rings. The van der Waals surface area contributed by atoms with Gasteiger partial charge in [0, 0.05) is 16.5 Å². The standard InChI is InChI=1S/C23H33N3O7S2/c1-7-8-13-33-15-11-9-10-12-17(15)35(31,32)26-14-16(18(22(2,3)4)24-21(28)29)34-23(5,6)19(26)20(27)25-30/h9-12,16,18-19,24,30H,13-14H2,1-6H3,(H,25,27)(H,28,29)/t16-,18?,19+/m1/s1. The molecule has 1 aromatic carbocycles. The fourth-order valence-electron chi connectivity index (χ4n) is 4.13. The summed E-state index contributed by atoms with van der Waals surface area (Å²) in [6.07, 6.45) is -1.23. The number of amides is 2. The van der Waals surface area contributed by atoms with Gasteiger partial charge in [0.2, 0.25) is 10.0 Å². The molecule has 0 spiro atoms. The largest absolute Gasteiger partial charge is 0.480 e. The van der Waals surface area contributed by atoms with Crippen molar-refractivity contribution in [3.63, 3.8) is 0 Å². The van der Waals surface area contributed by atoms with Crippen molar-refractivity contribution in [1.29, 1.82) is 0 Å². The van der Waals surface area contributed by atoms with Gasteiger partial charge in [-0.1, -0.05) is 38.8 Å². The second kappa shape index (κ2) is 11.1.